The molecule has 0 aromatic heterocycles. The van der Waals surface area contributed by atoms with E-state index in [2.05, 4.69) is 20.8 Å². The van der Waals surface area contributed by atoms with Crippen LogP contribution in [-0.4, -0.2) is 49.3 Å². The highest BCUT2D eigenvalue weighted by Crippen LogP contribution is 2.16. The maximum absolute atomic E-state index is 8.98. The first-order valence-electron chi connectivity index (χ1n) is 11.5. The van der Waals surface area contributed by atoms with Crippen molar-refractivity contribution in [2.24, 2.45) is 0 Å². The van der Waals surface area contributed by atoms with Crippen LogP contribution in [0.25, 0.3) is 0 Å². The Bertz CT molecular complexity index is 298. The molecule has 0 rings (SSSR count). The summed E-state index contributed by atoms with van der Waals surface area (Å²) < 4.78 is 17.6. The van der Waals surface area contributed by atoms with Gasteiger partial charge in [-0.15, -0.1) is 0 Å². The summed E-state index contributed by atoms with van der Waals surface area (Å²) in [6.07, 6.45) is 14.7. The number of unbranched alkanes of at least 4 members (excludes halogenated alkanes) is 7. The molecule has 0 spiro atoms. The maximum Gasteiger partial charge on any atom is 0.0784 e. The molecule has 164 valence electrons. The Morgan fingerprint density at radius 3 is 1.78 bits per heavy atom. The van der Waals surface area contributed by atoms with Gasteiger partial charge < -0.3 is 19.3 Å². The molecule has 0 saturated carbocycles. The van der Waals surface area contributed by atoms with Crippen molar-refractivity contribution in [3.05, 3.63) is 0 Å². The summed E-state index contributed by atoms with van der Waals surface area (Å²) >= 11 is 0. The van der Waals surface area contributed by atoms with E-state index in [1.54, 1.807) is 0 Å². The zero-order valence-corrected chi connectivity index (χ0v) is 18.9. The van der Waals surface area contributed by atoms with Crippen molar-refractivity contribution in [3.8, 4) is 0 Å². The fourth-order valence-corrected chi connectivity index (χ4v) is 3.18. The molecular formula is C23H48O4. The molecule has 0 aliphatic rings. The zero-order valence-electron chi connectivity index (χ0n) is 18.9. The van der Waals surface area contributed by atoms with Gasteiger partial charge in [-0.25, -0.2) is 0 Å². The zero-order chi connectivity index (χ0) is 20.3. The van der Waals surface area contributed by atoms with Crippen molar-refractivity contribution in [3.63, 3.8) is 0 Å². The van der Waals surface area contributed by atoms with E-state index in [4.69, 9.17) is 19.3 Å². The number of rotatable bonds is 20. The smallest absolute Gasteiger partial charge is 0.0784 e. The molecule has 0 heterocycles. The van der Waals surface area contributed by atoms with Gasteiger partial charge in [0.25, 0.3) is 0 Å². The van der Waals surface area contributed by atoms with Gasteiger partial charge in [-0.2, -0.15) is 0 Å². The van der Waals surface area contributed by atoms with Crippen molar-refractivity contribution in [1.82, 2.24) is 0 Å². The summed E-state index contributed by atoms with van der Waals surface area (Å²) in [6, 6.07) is 0. The quantitative estimate of drug-likeness (QED) is 0.264. The molecule has 4 nitrogen and oxygen atoms in total. The van der Waals surface area contributed by atoms with Gasteiger partial charge in [0.1, 0.15) is 0 Å². The summed E-state index contributed by atoms with van der Waals surface area (Å²) in [7, 11) is 0. The highest BCUT2D eigenvalue weighted by atomic mass is 16.6. The van der Waals surface area contributed by atoms with E-state index in [9.17, 15) is 0 Å². The summed E-state index contributed by atoms with van der Waals surface area (Å²) in [5, 5.41) is 8.98. The Balaban J connectivity index is 3.84. The summed E-state index contributed by atoms with van der Waals surface area (Å²) in [4.78, 5) is 0. The first kappa shape index (κ1) is 26.8. The molecule has 0 aliphatic heterocycles. The standard InChI is InChI=1S/C23H48O4/c1-6-8-9-10-11-12-13-14-16-23(15-7-2)27-22(5)19-26-21(4)18-25-20(3)17-24/h20-24H,6-19H2,1-5H3. The van der Waals surface area contributed by atoms with Crippen LogP contribution in [0.15, 0.2) is 0 Å². The molecule has 0 amide bonds. The molecule has 4 unspecified atom stereocenters. The van der Waals surface area contributed by atoms with Crippen LogP contribution in [0.2, 0.25) is 0 Å². The van der Waals surface area contributed by atoms with Crippen molar-refractivity contribution in [1.29, 1.82) is 0 Å². The van der Waals surface area contributed by atoms with Crippen LogP contribution in [0.3, 0.4) is 0 Å². The molecule has 0 bridgehead atoms. The van der Waals surface area contributed by atoms with Crippen molar-refractivity contribution in [2.45, 2.75) is 130 Å². The molecule has 4 atom stereocenters. The first-order chi connectivity index (χ1) is 13.0. The lowest BCUT2D eigenvalue weighted by Crippen LogP contribution is -2.28. The van der Waals surface area contributed by atoms with E-state index in [-0.39, 0.29) is 24.9 Å². The normalized spacial score (nSPS) is 16.2. The second-order valence-electron chi connectivity index (χ2n) is 8.09. The van der Waals surface area contributed by atoms with Crippen molar-refractivity contribution >= 4 is 0 Å². The molecule has 1 N–H and O–H groups in total. The highest BCUT2D eigenvalue weighted by Gasteiger charge is 2.14. The average molecular weight is 389 g/mol. The first-order valence-corrected chi connectivity index (χ1v) is 11.5. The van der Waals surface area contributed by atoms with Crippen LogP contribution in [0.4, 0.5) is 0 Å². The number of aliphatic hydroxyl groups is 1. The van der Waals surface area contributed by atoms with Crippen LogP contribution in [-0.2, 0) is 14.2 Å². The molecule has 0 saturated heterocycles. The average Bonchev–Trinajstić information content (AvgIpc) is 2.66. The van der Waals surface area contributed by atoms with Crippen LogP contribution >= 0.6 is 0 Å². The van der Waals surface area contributed by atoms with E-state index >= 15 is 0 Å². The largest absolute Gasteiger partial charge is 0.394 e. The summed E-state index contributed by atoms with van der Waals surface area (Å²) in [6.45, 7) is 11.6. The Morgan fingerprint density at radius 2 is 1.19 bits per heavy atom. The van der Waals surface area contributed by atoms with E-state index < -0.39 is 0 Å². The van der Waals surface area contributed by atoms with Crippen LogP contribution < -0.4 is 0 Å². The van der Waals surface area contributed by atoms with E-state index in [0.29, 0.717) is 19.3 Å². The van der Waals surface area contributed by atoms with Gasteiger partial charge in [-0.3, -0.25) is 0 Å². The molecule has 0 fully saturated rings. The predicted molar refractivity (Wildman–Crippen MR) is 114 cm³/mol. The molecule has 4 heteroatoms. The van der Waals surface area contributed by atoms with Crippen molar-refractivity contribution < 1.29 is 19.3 Å². The third-order valence-corrected chi connectivity index (χ3v) is 4.90. The topological polar surface area (TPSA) is 47.9 Å². The summed E-state index contributed by atoms with van der Waals surface area (Å²) in [5.41, 5.74) is 0. The van der Waals surface area contributed by atoms with Gasteiger partial charge in [0.2, 0.25) is 0 Å². The second-order valence-corrected chi connectivity index (χ2v) is 8.09. The fraction of sp³-hybridized carbons (Fsp3) is 1.00. The Morgan fingerprint density at radius 1 is 0.630 bits per heavy atom. The Kier molecular flexibility index (Phi) is 19.1. The highest BCUT2D eigenvalue weighted by molar-refractivity contribution is 4.62. The maximum atomic E-state index is 8.98. The van der Waals surface area contributed by atoms with Gasteiger partial charge in [0.05, 0.1) is 44.2 Å². The van der Waals surface area contributed by atoms with Crippen molar-refractivity contribution in [2.75, 3.05) is 19.8 Å². The van der Waals surface area contributed by atoms with E-state index in [0.717, 1.165) is 6.42 Å². The van der Waals surface area contributed by atoms with E-state index in [1.165, 1.54) is 64.2 Å². The predicted octanol–water partition coefficient (Wildman–Crippen LogP) is 5.89. The van der Waals surface area contributed by atoms with Crippen LogP contribution in [0, 0.1) is 0 Å². The van der Waals surface area contributed by atoms with Gasteiger partial charge in [-0.05, 0) is 33.6 Å². The molecule has 0 aliphatic carbocycles. The van der Waals surface area contributed by atoms with Gasteiger partial charge in [0, 0.05) is 0 Å². The fourth-order valence-electron chi connectivity index (χ4n) is 3.18. The Labute approximate surface area is 169 Å². The monoisotopic (exact) mass is 388 g/mol. The van der Waals surface area contributed by atoms with Crippen LogP contribution in [0.5, 0.6) is 0 Å². The summed E-state index contributed by atoms with van der Waals surface area (Å²) in [5.74, 6) is 0. The third kappa shape index (κ3) is 17.7. The molecule has 0 radical (unpaired) electrons. The number of ether oxygens (including phenoxy) is 3. The number of hydrogen-bond acceptors (Lipinski definition) is 4. The minimum Gasteiger partial charge on any atom is -0.394 e. The number of hydrogen-bond donors (Lipinski definition) is 1. The van der Waals surface area contributed by atoms with Gasteiger partial charge in [-0.1, -0.05) is 71.6 Å². The lowest BCUT2D eigenvalue weighted by Gasteiger charge is -2.24. The third-order valence-electron chi connectivity index (χ3n) is 4.90. The lowest BCUT2D eigenvalue weighted by atomic mass is 10.0. The minimum atomic E-state index is -0.134. The Hall–Kier alpha value is -0.160. The van der Waals surface area contributed by atoms with E-state index in [1.807, 2.05) is 13.8 Å². The second kappa shape index (κ2) is 19.2. The van der Waals surface area contributed by atoms with Gasteiger partial charge >= 0.3 is 0 Å². The lowest BCUT2D eigenvalue weighted by molar-refractivity contribution is -0.0923. The SMILES string of the molecule is CCCCCCCCCCC(CCC)OC(C)COC(C)COC(C)CO. The minimum absolute atomic E-state index is 0.0161. The molecular weight excluding hydrogens is 340 g/mol. The van der Waals surface area contributed by atoms with Gasteiger partial charge in [0.15, 0.2) is 0 Å². The molecule has 0 aromatic rings. The molecule has 27 heavy (non-hydrogen) atoms. The number of aliphatic hydroxyl groups excluding tert-OH is 1. The van der Waals surface area contributed by atoms with Crippen LogP contribution in [0.1, 0.15) is 105 Å². The molecule has 0 aromatic carbocycles.